The van der Waals surface area contributed by atoms with E-state index in [9.17, 15) is 19.2 Å². The Balaban J connectivity index is 2.65. The first-order valence-corrected chi connectivity index (χ1v) is 13.0. The fourth-order valence-corrected chi connectivity index (χ4v) is 3.93. The van der Waals surface area contributed by atoms with Crippen molar-refractivity contribution in [3.63, 3.8) is 0 Å². The quantitative estimate of drug-likeness (QED) is 0.160. The van der Waals surface area contributed by atoms with Crippen LogP contribution in [0, 0.1) is 0 Å². The summed E-state index contributed by atoms with van der Waals surface area (Å²) in [5.74, 6) is 0.662. The van der Waals surface area contributed by atoms with Gasteiger partial charge in [-0.2, -0.15) is 0 Å². The van der Waals surface area contributed by atoms with Crippen molar-refractivity contribution >= 4 is 25.1 Å². The smallest absolute Gasteiger partial charge is 0.134 e. The second kappa shape index (κ2) is 20.9. The Labute approximate surface area is 210 Å². The monoisotopic (exact) mass is 489 g/mol. The highest BCUT2D eigenvalue weighted by atomic mass is 16.5. The van der Waals surface area contributed by atoms with Crippen LogP contribution in [-0.4, -0.2) is 72.7 Å². The number of rotatable bonds is 24. The van der Waals surface area contributed by atoms with Crippen molar-refractivity contribution in [1.29, 1.82) is 0 Å². The molecule has 0 saturated carbocycles. The summed E-state index contributed by atoms with van der Waals surface area (Å²) in [6, 6.07) is 3.65. The van der Waals surface area contributed by atoms with Crippen LogP contribution in [0.25, 0.3) is 0 Å². The third kappa shape index (κ3) is 15.2. The Morgan fingerprint density at radius 2 is 1.06 bits per heavy atom. The molecule has 0 N–H and O–H groups in total. The number of carbonyl (C=O) groups is 4. The van der Waals surface area contributed by atoms with Gasteiger partial charge in [0.2, 0.25) is 0 Å². The molecule has 0 aliphatic rings. The highest BCUT2D eigenvalue weighted by molar-refractivity contribution is 5.56. The van der Waals surface area contributed by atoms with Crippen molar-refractivity contribution in [3.8, 4) is 5.75 Å². The van der Waals surface area contributed by atoms with Crippen LogP contribution in [0.4, 0.5) is 0 Å². The van der Waals surface area contributed by atoms with Crippen LogP contribution in [0.2, 0.25) is 0 Å². The van der Waals surface area contributed by atoms with E-state index >= 15 is 0 Å². The summed E-state index contributed by atoms with van der Waals surface area (Å²) in [7, 11) is 0. The summed E-state index contributed by atoms with van der Waals surface area (Å²) in [6.45, 7) is 3.98. The van der Waals surface area contributed by atoms with Gasteiger partial charge in [-0.3, -0.25) is 14.8 Å². The van der Waals surface area contributed by atoms with Gasteiger partial charge in [-0.05, 0) is 6.42 Å². The van der Waals surface area contributed by atoms with Crippen LogP contribution >= 0.6 is 0 Å². The highest BCUT2D eigenvalue weighted by Crippen LogP contribution is 2.18. The Kier molecular flexibility index (Phi) is 18.2. The van der Waals surface area contributed by atoms with Crippen LogP contribution in [0.15, 0.2) is 12.1 Å². The lowest BCUT2D eigenvalue weighted by atomic mass is 10.1. The molecule has 8 heteroatoms. The molecule has 0 aliphatic carbocycles. The van der Waals surface area contributed by atoms with E-state index < -0.39 is 0 Å². The lowest BCUT2D eigenvalue weighted by Crippen LogP contribution is -2.29. The SMILES string of the molecule is CCCCCCCCCCCCOc1cc(CN(CC=O)CC=O)nc(CN(CC=O)CC=O)c1. The number of aldehydes is 4. The van der Waals surface area contributed by atoms with E-state index in [0.717, 1.165) is 38.0 Å². The van der Waals surface area contributed by atoms with E-state index in [4.69, 9.17) is 4.74 Å². The first-order chi connectivity index (χ1) is 17.2. The van der Waals surface area contributed by atoms with Gasteiger partial charge in [0.1, 0.15) is 30.9 Å². The lowest BCUT2D eigenvalue weighted by Gasteiger charge is -2.20. The lowest BCUT2D eigenvalue weighted by molar-refractivity contribution is -0.112. The van der Waals surface area contributed by atoms with Crippen molar-refractivity contribution < 1.29 is 23.9 Å². The van der Waals surface area contributed by atoms with E-state index in [1.807, 2.05) is 12.1 Å². The van der Waals surface area contributed by atoms with E-state index in [-0.39, 0.29) is 26.2 Å². The Bertz CT molecular complexity index is 665. The van der Waals surface area contributed by atoms with Crippen molar-refractivity contribution in [2.45, 2.75) is 84.2 Å². The topological polar surface area (TPSA) is 96.9 Å². The van der Waals surface area contributed by atoms with Gasteiger partial charge in [0.05, 0.1) is 44.2 Å². The second-order valence-electron chi connectivity index (χ2n) is 8.87. The molecule has 0 unspecified atom stereocenters. The van der Waals surface area contributed by atoms with Gasteiger partial charge in [-0.1, -0.05) is 64.7 Å². The molecule has 0 saturated heterocycles. The molecule has 35 heavy (non-hydrogen) atoms. The molecule has 0 spiro atoms. The number of unbranched alkanes of at least 4 members (excludes halogenated alkanes) is 9. The predicted molar refractivity (Wildman–Crippen MR) is 136 cm³/mol. The van der Waals surface area contributed by atoms with Gasteiger partial charge in [0, 0.05) is 25.2 Å². The molecular formula is C27H43N3O5. The van der Waals surface area contributed by atoms with Gasteiger partial charge < -0.3 is 23.9 Å². The fourth-order valence-electron chi connectivity index (χ4n) is 3.93. The average molecular weight is 490 g/mol. The number of hydrogen-bond donors (Lipinski definition) is 0. The zero-order valence-electron chi connectivity index (χ0n) is 21.4. The number of aromatic nitrogens is 1. The normalized spacial score (nSPS) is 11.1. The molecule has 0 atom stereocenters. The molecule has 0 aliphatic heterocycles. The molecule has 1 aromatic heterocycles. The molecule has 0 radical (unpaired) electrons. The Morgan fingerprint density at radius 1 is 0.657 bits per heavy atom. The van der Waals surface area contributed by atoms with Crippen molar-refractivity contribution in [1.82, 2.24) is 14.8 Å². The van der Waals surface area contributed by atoms with E-state index in [0.29, 0.717) is 36.8 Å². The maximum Gasteiger partial charge on any atom is 0.134 e. The molecule has 196 valence electrons. The van der Waals surface area contributed by atoms with Crippen molar-refractivity contribution in [3.05, 3.63) is 23.5 Å². The zero-order chi connectivity index (χ0) is 25.6. The average Bonchev–Trinajstić information content (AvgIpc) is 2.83. The summed E-state index contributed by atoms with van der Waals surface area (Å²) < 4.78 is 6.01. The second-order valence-corrected chi connectivity index (χ2v) is 8.87. The summed E-state index contributed by atoms with van der Waals surface area (Å²) in [5.41, 5.74) is 1.34. The third-order valence-corrected chi connectivity index (χ3v) is 5.77. The van der Waals surface area contributed by atoms with Crippen molar-refractivity contribution in [2.24, 2.45) is 0 Å². The van der Waals surface area contributed by atoms with E-state index in [2.05, 4.69) is 11.9 Å². The summed E-state index contributed by atoms with van der Waals surface area (Å²) in [4.78, 5) is 51.8. The first-order valence-electron chi connectivity index (χ1n) is 13.0. The minimum Gasteiger partial charge on any atom is -0.493 e. The van der Waals surface area contributed by atoms with Gasteiger partial charge in [-0.15, -0.1) is 0 Å². The standard InChI is InChI=1S/C27H43N3O5/c1-2-3-4-5-6-7-8-9-10-11-20-35-27-21-25(23-29(12-16-31)13-17-32)28-26(22-27)24-30(14-18-33)15-19-34/h16-19,21-22H,2-15,20,23-24H2,1H3. The summed E-state index contributed by atoms with van der Waals surface area (Å²) >= 11 is 0. The number of nitrogens with zero attached hydrogens (tertiary/aromatic N) is 3. The minimum absolute atomic E-state index is 0.127. The highest BCUT2D eigenvalue weighted by Gasteiger charge is 2.12. The van der Waals surface area contributed by atoms with Crippen LogP contribution in [0.3, 0.4) is 0 Å². The molecule has 0 bridgehead atoms. The molecule has 0 amide bonds. The van der Waals surface area contributed by atoms with Crippen LogP contribution in [0.5, 0.6) is 5.75 Å². The van der Waals surface area contributed by atoms with Crippen LogP contribution in [-0.2, 0) is 32.3 Å². The van der Waals surface area contributed by atoms with Crippen LogP contribution < -0.4 is 4.74 Å². The number of ether oxygens (including phenoxy) is 1. The molecule has 1 rings (SSSR count). The Morgan fingerprint density at radius 3 is 1.46 bits per heavy atom. The molecular weight excluding hydrogens is 446 g/mol. The number of pyridine rings is 1. The fraction of sp³-hybridized carbons (Fsp3) is 0.667. The maximum atomic E-state index is 11.0. The van der Waals surface area contributed by atoms with Gasteiger partial charge in [-0.25, -0.2) is 0 Å². The minimum atomic E-state index is 0.127. The number of carbonyl (C=O) groups excluding carboxylic acids is 4. The zero-order valence-corrected chi connectivity index (χ0v) is 21.4. The Hall–Kier alpha value is -2.45. The number of hydrogen-bond acceptors (Lipinski definition) is 8. The summed E-state index contributed by atoms with van der Waals surface area (Å²) in [5, 5.41) is 0. The largest absolute Gasteiger partial charge is 0.493 e. The van der Waals surface area contributed by atoms with Gasteiger partial charge in [0.15, 0.2) is 0 Å². The third-order valence-electron chi connectivity index (χ3n) is 5.77. The maximum absolute atomic E-state index is 11.0. The molecule has 1 aromatic rings. The van der Waals surface area contributed by atoms with Gasteiger partial charge in [0.25, 0.3) is 0 Å². The predicted octanol–water partition coefficient (Wildman–Crippen LogP) is 3.78. The molecule has 8 nitrogen and oxygen atoms in total. The van der Waals surface area contributed by atoms with E-state index in [1.165, 1.54) is 51.4 Å². The molecule has 1 heterocycles. The molecule has 0 aromatic carbocycles. The molecule has 0 fully saturated rings. The van der Waals surface area contributed by atoms with Crippen molar-refractivity contribution in [2.75, 3.05) is 32.8 Å². The summed E-state index contributed by atoms with van der Waals surface area (Å²) in [6.07, 6.45) is 15.5. The van der Waals surface area contributed by atoms with Crippen LogP contribution in [0.1, 0.15) is 82.5 Å². The van der Waals surface area contributed by atoms with E-state index in [1.54, 1.807) is 9.80 Å². The first kappa shape index (κ1) is 30.6. The van der Waals surface area contributed by atoms with Gasteiger partial charge >= 0.3 is 0 Å².